The van der Waals surface area contributed by atoms with Gasteiger partial charge in [-0.05, 0) is 50.9 Å². The van der Waals surface area contributed by atoms with E-state index in [0.717, 1.165) is 12.8 Å². The van der Waals surface area contributed by atoms with Gasteiger partial charge in [-0.1, -0.05) is 24.6 Å². The standard InChI is InChI=1S/C18H25NO3.ClH/c20-17(15-7-3-1-4-8-15)22-18(21)11-9-16(10-12-18)19-13-5-2-6-14-19;/h1,3-4,7-8,16,21H,2,5-6,9-14H2;1H. The molecule has 3 rings (SSSR count). The van der Waals surface area contributed by atoms with Crippen molar-refractivity contribution in [3.8, 4) is 0 Å². The number of piperidine rings is 1. The fraction of sp³-hybridized carbons (Fsp3) is 0.611. The first-order valence-corrected chi connectivity index (χ1v) is 8.41. The van der Waals surface area contributed by atoms with Crippen LogP contribution in [0.25, 0.3) is 0 Å². The summed E-state index contributed by atoms with van der Waals surface area (Å²) in [4.78, 5) is 14.7. The van der Waals surface area contributed by atoms with E-state index in [2.05, 4.69) is 4.90 Å². The molecule has 4 nitrogen and oxygen atoms in total. The third-order valence-corrected chi connectivity index (χ3v) is 4.94. The van der Waals surface area contributed by atoms with Crippen LogP contribution in [0.4, 0.5) is 0 Å². The monoisotopic (exact) mass is 339 g/mol. The summed E-state index contributed by atoms with van der Waals surface area (Å²) < 4.78 is 5.40. The maximum atomic E-state index is 12.1. The molecule has 1 aromatic carbocycles. The molecule has 1 saturated heterocycles. The highest BCUT2D eigenvalue weighted by atomic mass is 35.5. The lowest BCUT2D eigenvalue weighted by atomic mass is 9.88. The number of esters is 1. The molecule has 1 aliphatic carbocycles. The van der Waals surface area contributed by atoms with Crippen LogP contribution in [0.1, 0.15) is 55.3 Å². The van der Waals surface area contributed by atoms with Crippen LogP contribution in [0, 0.1) is 0 Å². The molecule has 2 aliphatic rings. The largest absolute Gasteiger partial charge is 0.430 e. The summed E-state index contributed by atoms with van der Waals surface area (Å²) in [6, 6.07) is 9.42. The van der Waals surface area contributed by atoms with E-state index in [0.29, 0.717) is 24.4 Å². The predicted octanol–water partition coefficient (Wildman–Crippen LogP) is 3.38. The third kappa shape index (κ3) is 4.69. The van der Waals surface area contributed by atoms with Crippen LogP contribution in [0.2, 0.25) is 0 Å². The highest BCUT2D eigenvalue weighted by Gasteiger charge is 2.38. The topological polar surface area (TPSA) is 49.8 Å². The second-order valence-electron chi connectivity index (χ2n) is 6.53. The van der Waals surface area contributed by atoms with E-state index in [4.69, 9.17) is 4.74 Å². The Morgan fingerprint density at radius 1 is 1.09 bits per heavy atom. The summed E-state index contributed by atoms with van der Waals surface area (Å²) in [5, 5.41) is 10.6. The van der Waals surface area contributed by atoms with E-state index in [1.807, 2.05) is 6.07 Å². The lowest BCUT2D eigenvalue weighted by Crippen LogP contribution is -2.47. The van der Waals surface area contributed by atoms with Crippen molar-refractivity contribution < 1.29 is 14.6 Å². The number of halogens is 1. The van der Waals surface area contributed by atoms with Crippen molar-refractivity contribution >= 4 is 18.4 Å². The third-order valence-electron chi connectivity index (χ3n) is 4.94. The van der Waals surface area contributed by atoms with Gasteiger partial charge in [0.1, 0.15) is 0 Å². The van der Waals surface area contributed by atoms with Crippen molar-refractivity contribution in [1.82, 2.24) is 4.90 Å². The number of nitrogens with zero attached hydrogens (tertiary/aromatic N) is 1. The average molecular weight is 340 g/mol. The predicted molar refractivity (Wildman–Crippen MR) is 91.7 cm³/mol. The number of carbonyl (C=O) groups excluding carboxylic acids is 1. The summed E-state index contributed by atoms with van der Waals surface area (Å²) in [7, 11) is 0. The fourth-order valence-electron chi connectivity index (χ4n) is 3.61. The van der Waals surface area contributed by atoms with Gasteiger partial charge in [-0.2, -0.15) is 0 Å². The van der Waals surface area contributed by atoms with Crippen molar-refractivity contribution in [3.05, 3.63) is 35.9 Å². The van der Waals surface area contributed by atoms with Crippen molar-refractivity contribution in [2.45, 2.75) is 56.8 Å². The Labute approximate surface area is 144 Å². The van der Waals surface area contributed by atoms with Gasteiger partial charge in [0.05, 0.1) is 5.56 Å². The molecule has 2 fully saturated rings. The number of aliphatic hydroxyl groups is 1. The number of hydrogen-bond acceptors (Lipinski definition) is 4. The van der Waals surface area contributed by atoms with Crippen molar-refractivity contribution in [2.24, 2.45) is 0 Å². The molecule has 128 valence electrons. The molecule has 23 heavy (non-hydrogen) atoms. The normalized spacial score (nSPS) is 28.7. The Bertz CT molecular complexity index is 494. The number of likely N-dealkylation sites (tertiary alicyclic amines) is 1. The van der Waals surface area contributed by atoms with Gasteiger partial charge in [-0.3, -0.25) is 0 Å². The van der Waals surface area contributed by atoms with E-state index in [1.54, 1.807) is 24.3 Å². The number of benzene rings is 1. The lowest BCUT2D eigenvalue weighted by Gasteiger charge is -2.41. The Hall–Kier alpha value is -1.10. The molecule has 0 radical (unpaired) electrons. The molecule has 0 aromatic heterocycles. The number of rotatable bonds is 3. The zero-order chi connectivity index (χ0) is 15.4. The van der Waals surface area contributed by atoms with Crippen LogP contribution in [0.5, 0.6) is 0 Å². The average Bonchev–Trinajstić information content (AvgIpc) is 2.57. The second-order valence-corrected chi connectivity index (χ2v) is 6.53. The number of carbonyl (C=O) groups is 1. The molecule has 0 bridgehead atoms. The van der Waals surface area contributed by atoms with Gasteiger partial charge in [0.15, 0.2) is 0 Å². The molecule has 0 spiro atoms. The van der Waals surface area contributed by atoms with E-state index >= 15 is 0 Å². The van der Waals surface area contributed by atoms with E-state index < -0.39 is 11.8 Å². The van der Waals surface area contributed by atoms with Crippen LogP contribution < -0.4 is 0 Å². The molecular formula is C18H26ClNO3. The van der Waals surface area contributed by atoms with Crippen LogP contribution in [-0.2, 0) is 4.74 Å². The molecule has 1 saturated carbocycles. The van der Waals surface area contributed by atoms with Crippen LogP contribution in [0.15, 0.2) is 30.3 Å². The molecule has 1 aromatic rings. The van der Waals surface area contributed by atoms with Gasteiger partial charge < -0.3 is 14.7 Å². The Morgan fingerprint density at radius 3 is 2.30 bits per heavy atom. The zero-order valence-electron chi connectivity index (χ0n) is 13.4. The van der Waals surface area contributed by atoms with E-state index in [9.17, 15) is 9.90 Å². The highest BCUT2D eigenvalue weighted by Crippen LogP contribution is 2.33. The second kappa shape index (κ2) is 8.13. The molecule has 1 aliphatic heterocycles. The van der Waals surface area contributed by atoms with Gasteiger partial charge in [-0.15, -0.1) is 12.4 Å². The number of ether oxygens (including phenoxy) is 1. The van der Waals surface area contributed by atoms with Gasteiger partial charge in [0.2, 0.25) is 5.79 Å². The molecule has 5 heteroatoms. The summed E-state index contributed by atoms with van der Waals surface area (Å²) in [5.74, 6) is -1.72. The number of hydrogen-bond donors (Lipinski definition) is 1. The van der Waals surface area contributed by atoms with Crippen LogP contribution >= 0.6 is 12.4 Å². The van der Waals surface area contributed by atoms with Gasteiger partial charge in [0.25, 0.3) is 0 Å². The molecule has 0 atom stereocenters. The van der Waals surface area contributed by atoms with Gasteiger partial charge in [-0.25, -0.2) is 4.79 Å². The van der Waals surface area contributed by atoms with Crippen molar-refractivity contribution in [2.75, 3.05) is 13.1 Å². The lowest BCUT2D eigenvalue weighted by molar-refractivity contribution is -0.190. The molecule has 0 unspecified atom stereocenters. The quantitative estimate of drug-likeness (QED) is 0.677. The smallest absolute Gasteiger partial charge is 0.340 e. The summed E-state index contributed by atoms with van der Waals surface area (Å²) in [6.07, 6.45) is 6.77. The zero-order valence-corrected chi connectivity index (χ0v) is 14.3. The maximum Gasteiger partial charge on any atom is 0.340 e. The SMILES string of the molecule is Cl.O=C(OC1(O)CCC(N2CCCCC2)CC1)c1ccccc1. The first kappa shape index (κ1) is 18.2. The minimum absolute atomic E-state index is 0. The summed E-state index contributed by atoms with van der Waals surface area (Å²) in [5.41, 5.74) is 0.495. The molecule has 0 amide bonds. The van der Waals surface area contributed by atoms with E-state index in [-0.39, 0.29) is 12.4 Å². The van der Waals surface area contributed by atoms with Crippen molar-refractivity contribution in [3.63, 3.8) is 0 Å². The fourth-order valence-corrected chi connectivity index (χ4v) is 3.61. The van der Waals surface area contributed by atoms with Crippen LogP contribution in [-0.4, -0.2) is 40.9 Å². The maximum absolute atomic E-state index is 12.1. The summed E-state index contributed by atoms with van der Waals surface area (Å²) >= 11 is 0. The highest BCUT2D eigenvalue weighted by molar-refractivity contribution is 5.89. The Balaban J connectivity index is 0.00000192. The first-order chi connectivity index (χ1) is 10.7. The van der Waals surface area contributed by atoms with Crippen molar-refractivity contribution in [1.29, 1.82) is 0 Å². The minimum Gasteiger partial charge on any atom is -0.430 e. The van der Waals surface area contributed by atoms with E-state index in [1.165, 1.54) is 32.4 Å². The molecular weight excluding hydrogens is 314 g/mol. The summed E-state index contributed by atoms with van der Waals surface area (Å²) in [6.45, 7) is 2.35. The van der Waals surface area contributed by atoms with Gasteiger partial charge >= 0.3 is 5.97 Å². The van der Waals surface area contributed by atoms with Crippen LogP contribution in [0.3, 0.4) is 0 Å². The minimum atomic E-state index is -1.29. The first-order valence-electron chi connectivity index (χ1n) is 8.41. The molecule has 1 N–H and O–H groups in total. The molecule has 1 heterocycles. The Kier molecular flexibility index (Phi) is 6.45. The van der Waals surface area contributed by atoms with Gasteiger partial charge in [0, 0.05) is 18.9 Å². The Morgan fingerprint density at radius 2 is 1.70 bits per heavy atom.